The number of nitrogens with one attached hydrogen (secondary N) is 1. The Bertz CT molecular complexity index is 1170. The van der Waals surface area contributed by atoms with Gasteiger partial charge in [-0.1, -0.05) is 23.7 Å². The summed E-state index contributed by atoms with van der Waals surface area (Å²) in [5.74, 6) is 1.13. The van der Waals surface area contributed by atoms with Gasteiger partial charge in [0.25, 0.3) is 0 Å². The summed E-state index contributed by atoms with van der Waals surface area (Å²) in [7, 11) is -3.70. The van der Waals surface area contributed by atoms with Crippen molar-refractivity contribution < 1.29 is 17.6 Å². The number of sulfone groups is 1. The van der Waals surface area contributed by atoms with E-state index < -0.39 is 9.84 Å². The molecule has 0 aliphatic carbocycles. The highest BCUT2D eigenvalue weighted by Gasteiger charge is 2.26. The molecular weight excluding hydrogens is 433 g/mol. The van der Waals surface area contributed by atoms with Gasteiger partial charge in [0.2, 0.25) is 9.84 Å². The predicted molar refractivity (Wildman–Crippen MR) is 114 cm³/mol. The Kier molecular flexibility index (Phi) is 5.66. The van der Waals surface area contributed by atoms with Gasteiger partial charge >= 0.3 is 0 Å². The Morgan fingerprint density at radius 3 is 2.79 bits per heavy atom. The standard InChI is InChI=1S/C21H20ClNO4S.ClH/c22-19-10-16(9-17-18-11-23-6-4-20(18)27-21(17)19)28(24,25)15-3-1-2-13(8-15)14-5-7-26-12-14;/h1-3,8-10,14,23H,4-7,11-12H2;1H. The van der Waals surface area contributed by atoms with Crippen molar-refractivity contribution in [2.75, 3.05) is 19.8 Å². The average Bonchev–Trinajstić information content (AvgIpc) is 3.36. The Labute approximate surface area is 180 Å². The Balaban J connectivity index is 0.00000205. The van der Waals surface area contributed by atoms with Crippen LogP contribution in [0.15, 0.2) is 50.6 Å². The molecule has 1 unspecified atom stereocenters. The molecular formula is C21H21Cl2NO4S. The van der Waals surface area contributed by atoms with Crippen LogP contribution in [0.25, 0.3) is 11.0 Å². The van der Waals surface area contributed by atoms with Gasteiger partial charge in [-0.3, -0.25) is 0 Å². The monoisotopic (exact) mass is 453 g/mol. The Morgan fingerprint density at radius 2 is 2.00 bits per heavy atom. The van der Waals surface area contributed by atoms with Gasteiger partial charge in [0.1, 0.15) is 5.76 Å². The average molecular weight is 454 g/mol. The molecule has 2 aromatic carbocycles. The van der Waals surface area contributed by atoms with Crippen LogP contribution >= 0.6 is 24.0 Å². The highest BCUT2D eigenvalue weighted by Crippen LogP contribution is 2.37. The van der Waals surface area contributed by atoms with Crippen LogP contribution in [0.5, 0.6) is 0 Å². The van der Waals surface area contributed by atoms with E-state index in [-0.39, 0.29) is 28.1 Å². The number of hydrogen-bond donors (Lipinski definition) is 1. The van der Waals surface area contributed by atoms with E-state index in [2.05, 4.69) is 5.32 Å². The van der Waals surface area contributed by atoms with E-state index in [0.717, 1.165) is 41.7 Å². The summed E-state index contributed by atoms with van der Waals surface area (Å²) in [4.78, 5) is 0.474. The van der Waals surface area contributed by atoms with Crippen LogP contribution in [-0.4, -0.2) is 28.2 Å². The largest absolute Gasteiger partial charge is 0.459 e. The van der Waals surface area contributed by atoms with Gasteiger partial charge in [-0.25, -0.2) is 8.42 Å². The molecule has 0 saturated carbocycles. The molecule has 0 bridgehead atoms. The van der Waals surface area contributed by atoms with Crippen LogP contribution in [-0.2, 0) is 27.5 Å². The van der Waals surface area contributed by atoms with Gasteiger partial charge in [-0.2, -0.15) is 0 Å². The third-order valence-corrected chi connectivity index (χ3v) is 7.63. The SMILES string of the molecule is Cl.O=S(=O)(c1cccc(C2CCOC2)c1)c1cc(Cl)c2oc3c(c2c1)CNCC3. The van der Waals surface area contributed by atoms with Crippen LogP contribution in [0.1, 0.15) is 29.2 Å². The zero-order valence-electron chi connectivity index (χ0n) is 15.6. The van der Waals surface area contributed by atoms with Crippen molar-refractivity contribution >= 4 is 44.8 Å². The second kappa shape index (κ2) is 7.93. The van der Waals surface area contributed by atoms with Gasteiger partial charge in [-0.05, 0) is 36.2 Å². The van der Waals surface area contributed by atoms with E-state index in [1.807, 2.05) is 6.07 Å². The number of hydrogen-bond acceptors (Lipinski definition) is 5. The van der Waals surface area contributed by atoms with E-state index in [1.165, 1.54) is 6.07 Å². The van der Waals surface area contributed by atoms with Crippen LogP contribution in [0.3, 0.4) is 0 Å². The molecule has 3 aromatic rings. The molecule has 1 aromatic heterocycles. The maximum Gasteiger partial charge on any atom is 0.206 e. The first kappa shape index (κ1) is 20.7. The molecule has 29 heavy (non-hydrogen) atoms. The first-order chi connectivity index (χ1) is 13.5. The van der Waals surface area contributed by atoms with Crippen LogP contribution in [0.4, 0.5) is 0 Å². The quantitative estimate of drug-likeness (QED) is 0.632. The minimum absolute atomic E-state index is 0. The maximum absolute atomic E-state index is 13.4. The van der Waals surface area contributed by atoms with Gasteiger partial charge in [0.15, 0.2) is 5.58 Å². The van der Waals surface area contributed by atoms with Crippen molar-refractivity contribution in [1.82, 2.24) is 5.32 Å². The minimum atomic E-state index is -3.70. The number of benzene rings is 2. The molecule has 2 aliphatic rings. The first-order valence-electron chi connectivity index (χ1n) is 9.41. The summed E-state index contributed by atoms with van der Waals surface area (Å²) in [6.45, 7) is 2.84. The van der Waals surface area contributed by atoms with Crippen molar-refractivity contribution in [2.45, 2.75) is 35.1 Å². The second-order valence-electron chi connectivity index (χ2n) is 7.35. The van der Waals surface area contributed by atoms with E-state index in [0.29, 0.717) is 30.4 Å². The molecule has 154 valence electrons. The molecule has 1 saturated heterocycles. The fraction of sp³-hybridized carbons (Fsp3) is 0.333. The molecule has 5 rings (SSSR count). The normalized spacial score (nSPS) is 19.1. The van der Waals surface area contributed by atoms with Crippen LogP contribution < -0.4 is 5.32 Å². The molecule has 1 fully saturated rings. The Morgan fingerprint density at radius 1 is 1.14 bits per heavy atom. The van der Waals surface area contributed by atoms with Crippen molar-refractivity contribution in [3.8, 4) is 0 Å². The topological polar surface area (TPSA) is 68.5 Å². The van der Waals surface area contributed by atoms with Gasteiger partial charge in [0.05, 0.1) is 21.4 Å². The molecule has 8 heteroatoms. The third-order valence-electron chi connectivity index (χ3n) is 5.61. The van der Waals surface area contributed by atoms with E-state index >= 15 is 0 Å². The highest BCUT2D eigenvalue weighted by molar-refractivity contribution is 7.91. The fourth-order valence-corrected chi connectivity index (χ4v) is 5.76. The fourth-order valence-electron chi connectivity index (χ4n) is 4.07. The summed E-state index contributed by atoms with van der Waals surface area (Å²) >= 11 is 6.42. The molecule has 0 radical (unpaired) electrons. The molecule has 2 aliphatic heterocycles. The lowest BCUT2D eigenvalue weighted by molar-refractivity contribution is 0.194. The van der Waals surface area contributed by atoms with E-state index in [1.54, 1.807) is 24.3 Å². The lowest BCUT2D eigenvalue weighted by atomic mass is 9.99. The maximum atomic E-state index is 13.4. The highest BCUT2D eigenvalue weighted by atomic mass is 35.5. The Hall–Kier alpha value is -1.57. The lowest BCUT2D eigenvalue weighted by Gasteiger charge is -2.12. The molecule has 0 amide bonds. The zero-order chi connectivity index (χ0) is 19.3. The number of fused-ring (bicyclic) bond motifs is 3. The van der Waals surface area contributed by atoms with E-state index in [4.69, 9.17) is 20.8 Å². The number of furan rings is 1. The smallest absolute Gasteiger partial charge is 0.206 e. The minimum Gasteiger partial charge on any atom is -0.459 e. The second-order valence-corrected chi connectivity index (χ2v) is 9.71. The number of ether oxygens (including phenoxy) is 1. The molecule has 5 nitrogen and oxygen atoms in total. The zero-order valence-corrected chi connectivity index (χ0v) is 18.0. The van der Waals surface area contributed by atoms with Gasteiger partial charge in [-0.15, -0.1) is 12.4 Å². The van der Waals surface area contributed by atoms with Crippen molar-refractivity contribution in [1.29, 1.82) is 0 Å². The predicted octanol–water partition coefficient (Wildman–Crippen LogP) is 4.49. The molecule has 1 N–H and O–H groups in total. The summed E-state index contributed by atoms with van der Waals surface area (Å²) in [5.41, 5.74) is 2.55. The first-order valence-corrected chi connectivity index (χ1v) is 11.3. The molecule has 3 heterocycles. The number of rotatable bonds is 3. The number of halogens is 2. The lowest BCUT2D eigenvalue weighted by Crippen LogP contribution is -2.22. The van der Waals surface area contributed by atoms with Crippen molar-refractivity contribution in [3.63, 3.8) is 0 Å². The summed E-state index contributed by atoms with van der Waals surface area (Å²) < 4.78 is 38.0. The van der Waals surface area contributed by atoms with Crippen molar-refractivity contribution in [2.24, 2.45) is 0 Å². The van der Waals surface area contributed by atoms with Gasteiger partial charge in [0, 0.05) is 43.0 Å². The summed E-state index contributed by atoms with van der Waals surface area (Å²) in [6, 6.07) is 10.3. The molecule has 1 atom stereocenters. The van der Waals surface area contributed by atoms with Crippen molar-refractivity contribution in [3.05, 3.63) is 58.3 Å². The third kappa shape index (κ3) is 3.57. The van der Waals surface area contributed by atoms with Gasteiger partial charge < -0.3 is 14.5 Å². The molecule has 0 spiro atoms. The summed E-state index contributed by atoms with van der Waals surface area (Å²) in [6.07, 6.45) is 1.68. The van der Waals surface area contributed by atoms with Crippen LogP contribution in [0, 0.1) is 0 Å². The summed E-state index contributed by atoms with van der Waals surface area (Å²) in [5, 5.41) is 4.40. The van der Waals surface area contributed by atoms with E-state index in [9.17, 15) is 8.42 Å². The van der Waals surface area contributed by atoms with Crippen LogP contribution in [0.2, 0.25) is 5.02 Å².